The summed E-state index contributed by atoms with van der Waals surface area (Å²) >= 11 is 4.00. The van der Waals surface area contributed by atoms with Crippen molar-refractivity contribution in [2.24, 2.45) is 17.6 Å². The molecule has 11 heteroatoms. The number of carbonyl (C=O) groups excluding carboxylic acids is 1. The van der Waals surface area contributed by atoms with Crippen LogP contribution >= 0.6 is 23.5 Å². The third-order valence-corrected chi connectivity index (χ3v) is 17.3. The summed E-state index contributed by atoms with van der Waals surface area (Å²) in [7, 11) is -4.71. The zero-order valence-electron chi connectivity index (χ0n) is 26.2. The Morgan fingerprint density at radius 2 is 1.76 bits per heavy atom. The van der Waals surface area contributed by atoms with Gasteiger partial charge in [-0.15, -0.1) is 23.5 Å². The van der Waals surface area contributed by atoms with E-state index in [4.69, 9.17) is 23.8 Å². The number of nitrogens with zero attached hydrogens (tertiary/aromatic N) is 1. The molecule has 1 saturated heterocycles. The number of ketones is 1. The molecule has 0 saturated carbocycles. The van der Waals surface area contributed by atoms with Crippen LogP contribution in [0.4, 0.5) is 0 Å². The molecular formula is C31H46N2O5S2Si2. The Kier molecular flexibility index (Phi) is 8.95. The molecule has 42 heavy (non-hydrogen) atoms. The van der Waals surface area contributed by atoms with E-state index in [9.17, 15) is 0 Å². The van der Waals surface area contributed by atoms with E-state index < -0.39 is 28.3 Å². The summed E-state index contributed by atoms with van der Waals surface area (Å²) < 4.78 is 26.6. The van der Waals surface area contributed by atoms with Crippen molar-refractivity contribution >= 4 is 45.9 Å². The number of Topliss-reactive ketones (excluding diaryl/α,β-unsaturated/α-hetero) is 1. The van der Waals surface area contributed by atoms with Gasteiger partial charge in [-0.1, -0.05) is 51.1 Å². The van der Waals surface area contributed by atoms with Crippen LogP contribution in [-0.2, 0) is 15.5 Å². The van der Waals surface area contributed by atoms with E-state index in [1.54, 1.807) is 0 Å². The molecule has 2 aliphatic carbocycles. The van der Waals surface area contributed by atoms with Crippen molar-refractivity contribution in [2.45, 2.75) is 94.2 Å². The molecule has 5 rings (SSSR count). The lowest BCUT2D eigenvalue weighted by Gasteiger charge is -2.54. The van der Waals surface area contributed by atoms with Crippen LogP contribution in [0.1, 0.15) is 61.3 Å². The normalized spacial score (nSPS) is 27.2. The lowest BCUT2D eigenvalue weighted by molar-refractivity contribution is -0.0213. The van der Waals surface area contributed by atoms with Gasteiger partial charge >= 0.3 is 0 Å². The molecule has 0 amide bonds. The molecule has 230 valence electrons. The highest BCUT2D eigenvalue weighted by Gasteiger charge is 2.65. The molecule has 2 heterocycles. The van der Waals surface area contributed by atoms with E-state index >= 15 is 4.79 Å². The molecule has 1 aromatic heterocycles. The van der Waals surface area contributed by atoms with E-state index in [-0.39, 0.29) is 35.1 Å². The van der Waals surface area contributed by atoms with Crippen LogP contribution in [-0.4, -0.2) is 49.3 Å². The summed E-state index contributed by atoms with van der Waals surface area (Å²) in [5.41, 5.74) is 7.02. The molecule has 0 bridgehead atoms. The van der Waals surface area contributed by atoms with Gasteiger partial charge in [-0.2, -0.15) is 0 Å². The van der Waals surface area contributed by atoms with Crippen LogP contribution in [0.5, 0.6) is 5.88 Å². The Morgan fingerprint density at radius 3 is 2.38 bits per heavy atom. The van der Waals surface area contributed by atoms with Gasteiger partial charge in [-0.05, 0) is 78.9 Å². The molecule has 2 N–H and O–H groups in total. The van der Waals surface area contributed by atoms with Crippen LogP contribution in [0.3, 0.4) is 0 Å². The van der Waals surface area contributed by atoms with Crippen molar-refractivity contribution in [3.05, 3.63) is 59.1 Å². The molecule has 7 nitrogen and oxygen atoms in total. The lowest BCUT2D eigenvalue weighted by Crippen LogP contribution is -2.64. The number of benzene rings is 1. The predicted molar refractivity (Wildman–Crippen MR) is 177 cm³/mol. The Morgan fingerprint density at radius 1 is 1.10 bits per heavy atom. The summed E-state index contributed by atoms with van der Waals surface area (Å²) in [4.78, 5) is 15.1. The molecule has 1 aliphatic heterocycles. The van der Waals surface area contributed by atoms with Gasteiger partial charge in [-0.3, -0.25) is 4.79 Å². The lowest BCUT2D eigenvalue weighted by atomic mass is 9.64. The van der Waals surface area contributed by atoms with Crippen molar-refractivity contribution in [1.29, 1.82) is 0 Å². The first kappa shape index (κ1) is 31.9. The van der Waals surface area contributed by atoms with E-state index in [0.29, 0.717) is 28.1 Å². The van der Waals surface area contributed by atoms with Gasteiger partial charge in [0.15, 0.2) is 19.7 Å². The molecule has 1 aromatic carbocycles. The SMILES string of the molecule is CC(C)(C)[Si](C)(C)OC12C(=O)c3c(OCc4ccccc4)noc3[C@@H](N)[C@@H]1C[C@H](C1SCCCS1)C=C2O[Si](C)(C)C. The largest absolute Gasteiger partial charge is 0.545 e. The number of allylic oxidation sites excluding steroid dienone is 1. The van der Waals surface area contributed by atoms with Gasteiger partial charge in [0, 0.05) is 11.8 Å². The van der Waals surface area contributed by atoms with Gasteiger partial charge in [0.05, 0.1) is 10.6 Å². The average molecular weight is 647 g/mol. The van der Waals surface area contributed by atoms with Crippen molar-refractivity contribution in [2.75, 3.05) is 11.5 Å². The maximum atomic E-state index is 15.1. The predicted octanol–water partition coefficient (Wildman–Crippen LogP) is 7.78. The minimum Gasteiger partial charge on any atom is -0.545 e. The number of rotatable bonds is 8. The van der Waals surface area contributed by atoms with Crippen molar-refractivity contribution in [3.63, 3.8) is 0 Å². The highest BCUT2D eigenvalue weighted by Crippen LogP contribution is 2.58. The second kappa shape index (κ2) is 11.8. The zero-order chi connectivity index (χ0) is 30.5. The number of hydrogen-bond donors (Lipinski definition) is 1. The maximum Gasteiger partial charge on any atom is 0.265 e. The highest BCUT2D eigenvalue weighted by atomic mass is 32.2. The van der Waals surface area contributed by atoms with E-state index in [1.165, 1.54) is 6.42 Å². The Bertz CT molecular complexity index is 1310. The molecule has 4 atom stereocenters. The minimum absolute atomic E-state index is 0.144. The highest BCUT2D eigenvalue weighted by molar-refractivity contribution is 8.17. The molecular weight excluding hydrogens is 601 g/mol. The first-order chi connectivity index (χ1) is 19.6. The quantitative estimate of drug-likeness (QED) is 0.288. The number of hydrogen-bond acceptors (Lipinski definition) is 9. The number of ether oxygens (including phenoxy) is 1. The maximum absolute atomic E-state index is 15.1. The summed E-state index contributed by atoms with van der Waals surface area (Å²) in [5, 5.41) is 4.11. The fourth-order valence-corrected chi connectivity index (χ4v) is 11.2. The first-order valence-corrected chi connectivity index (χ1v) is 23.4. The number of thioether (sulfide) groups is 2. The van der Waals surface area contributed by atoms with E-state index in [2.05, 4.69) is 64.7 Å². The van der Waals surface area contributed by atoms with Crippen molar-refractivity contribution < 1.29 is 22.9 Å². The van der Waals surface area contributed by atoms with E-state index in [0.717, 1.165) is 17.1 Å². The smallest absolute Gasteiger partial charge is 0.265 e. The monoisotopic (exact) mass is 646 g/mol. The summed E-state index contributed by atoms with van der Waals surface area (Å²) in [6.45, 7) is 17.7. The topological polar surface area (TPSA) is 96.8 Å². The summed E-state index contributed by atoms with van der Waals surface area (Å²) in [6.07, 6.45) is 4.16. The third kappa shape index (κ3) is 6.06. The number of fused-ring (bicyclic) bond motifs is 2. The Labute approximate surface area is 261 Å². The van der Waals surface area contributed by atoms with Crippen LogP contribution < -0.4 is 10.5 Å². The summed E-state index contributed by atoms with van der Waals surface area (Å²) in [6, 6.07) is 9.22. The van der Waals surface area contributed by atoms with Crippen molar-refractivity contribution in [1.82, 2.24) is 5.16 Å². The van der Waals surface area contributed by atoms with E-state index in [1.807, 2.05) is 53.9 Å². The molecule has 3 aliphatic rings. The zero-order valence-corrected chi connectivity index (χ0v) is 29.8. The van der Waals surface area contributed by atoms with Crippen LogP contribution in [0.2, 0.25) is 37.8 Å². The summed E-state index contributed by atoms with van der Waals surface area (Å²) in [5.74, 6) is 3.12. The van der Waals surface area contributed by atoms with Crippen LogP contribution in [0, 0.1) is 11.8 Å². The third-order valence-electron chi connectivity index (χ3n) is 8.83. The number of aromatic nitrogens is 1. The molecule has 1 unspecified atom stereocenters. The average Bonchev–Trinajstić information content (AvgIpc) is 3.35. The molecule has 2 aromatic rings. The fourth-order valence-electron chi connectivity index (χ4n) is 5.74. The Hall–Kier alpha value is -1.51. The van der Waals surface area contributed by atoms with Crippen molar-refractivity contribution in [3.8, 4) is 5.88 Å². The van der Waals surface area contributed by atoms with Gasteiger partial charge in [0.2, 0.25) is 14.1 Å². The number of nitrogens with two attached hydrogens (primary N) is 1. The molecule has 0 spiro atoms. The van der Waals surface area contributed by atoms with Gasteiger partial charge in [0.25, 0.3) is 5.88 Å². The molecule has 1 fully saturated rings. The second-order valence-electron chi connectivity index (χ2n) is 14.2. The standard InChI is InChI=1S/C31H46N2O5S2Si2/c1-30(2,3)42(7,8)38-31-22(17-21(29-39-15-12-16-40-29)18-23(31)37-41(4,5)6)25(32)26-24(27(31)34)28(33-36-26)35-19-20-13-10-9-11-14-20/h9-11,13-14,18,21-22,25,29H,12,15-17,19,32H2,1-8H3/t21-,22-,25-,31?/m0/s1. The van der Waals surface area contributed by atoms with Gasteiger partial charge in [-0.25, -0.2) is 0 Å². The second-order valence-corrected chi connectivity index (χ2v) is 26.1. The Balaban J connectivity index is 1.66. The van der Waals surface area contributed by atoms with Gasteiger partial charge < -0.3 is 23.8 Å². The molecule has 0 radical (unpaired) electrons. The number of carbonyl (C=O) groups is 1. The fraction of sp³-hybridized carbons (Fsp3) is 0.613. The first-order valence-electron chi connectivity index (χ1n) is 15.0. The van der Waals surface area contributed by atoms with Crippen LogP contribution in [0.25, 0.3) is 0 Å². The van der Waals surface area contributed by atoms with Gasteiger partial charge in [0.1, 0.15) is 17.9 Å². The minimum atomic E-state index is -2.53. The van der Waals surface area contributed by atoms with Crippen LogP contribution in [0.15, 0.2) is 46.7 Å².